The largest absolute Gasteiger partial charge is 0.318 e. The molecule has 0 radical (unpaired) electrons. The van der Waals surface area contributed by atoms with Crippen LogP contribution in [0.2, 0.25) is 0 Å². The zero-order valence-corrected chi connectivity index (χ0v) is 13.3. The third kappa shape index (κ3) is 3.64. The number of nitrogens with one attached hydrogen (secondary N) is 2. The van der Waals surface area contributed by atoms with Crippen LogP contribution < -0.4 is 10.6 Å². The molecule has 0 atom stereocenters. The van der Waals surface area contributed by atoms with E-state index in [-0.39, 0.29) is 0 Å². The van der Waals surface area contributed by atoms with Gasteiger partial charge in [-0.3, -0.25) is 14.9 Å². The standard InChI is InChI=1S/C13H12BrN3O2S/c1-7-5-9(3-4-10(7)14)16-11(18)12(19)17-13-15-8(2)6-20-13/h3-6H,1-2H3,(H,16,18)(H,15,17,19). The lowest BCUT2D eigenvalue weighted by molar-refractivity contribution is -0.132. The smallest absolute Gasteiger partial charge is 0.315 e. The van der Waals surface area contributed by atoms with Crippen LogP contribution in [0.3, 0.4) is 0 Å². The molecule has 1 heterocycles. The van der Waals surface area contributed by atoms with Gasteiger partial charge in [-0.25, -0.2) is 4.98 Å². The maximum atomic E-state index is 11.8. The van der Waals surface area contributed by atoms with Crippen molar-refractivity contribution in [3.05, 3.63) is 39.3 Å². The van der Waals surface area contributed by atoms with Crippen LogP contribution in [-0.2, 0) is 9.59 Å². The second-order valence-corrected chi connectivity index (χ2v) is 5.88. The minimum Gasteiger partial charge on any atom is -0.318 e. The van der Waals surface area contributed by atoms with Crippen LogP contribution in [0.25, 0.3) is 0 Å². The van der Waals surface area contributed by atoms with Gasteiger partial charge in [0, 0.05) is 15.5 Å². The first kappa shape index (κ1) is 14.7. The van der Waals surface area contributed by atoms with Crippen molar-refractivity contribution in [1.82, 2.24) is 4.98 Å². The zero-order chi connectivity index (χ0) is 14.7. The van der Waals surface area contributed by atoms with E-state index >= 15 is 0 Å². The molecule has 104 valence electrons. The topological polar surface area (TPSA) is 71.1 Å². The van der Waals surface area contributed by atoms with Gasteiger partial charge >= 0.3 is 11.8 Å². The number of carbonyl (C=O) groups excluding carboxylic acids is 2. The van der Waals surface area contributed by atoms with Gasteiger partial charge in [0.15, 0.2) is 5.13 Å². The van der Waals surface area contributed by atoms with Gasteiger partial charge in [0.25, 0.3) is 0 Å². The van der Waals surface area contributed by atoms with Gasteiger partial charge in [-0.15, -0.1) is 11.3 Å². The first-order valence-corrected chi connectivity index (χ1v) is 7.43. The normalized spacial score (nSPS) is 10.2. The molecule has 2 rings (SSSR count). The Kier molecular flexibility index (Phi) is 4.51. The Bertz CT molecular complexity index is 669. The fourth-order valence-corrected chi connectivity index (χ4v) is 2.41. The van der Waals surface area contributed by atoms with Crippen molar-refractivity contribution in [2.24, 2.45) is 0 Å². The van der Waals surface area contributed by atoms with E-state index in [4.69, 9.17) is 0 Å². The molecule has 2 N–H and O–H groups in total. The lowest BCUT2D eigenvalue weighted by Gasteiger charge is -2.06. The SMILES string of the molecule is Cc1csc(NC(=O)C(=O)Nc2ccc(Br)c(C)c2)n1. The molecule has 20 heavy (non-hydrogen) atoms. The van der Waals surface area contributed by atoms with E-state index in [1.54, 1.807) is 17.5 Å². The van der Waals surface area contributed by atoms with Gasteiger partial charge in [0.2, 0.25) is 0 Å². The number of hydrogen-bond acceptors (Lipinski definition) is 4. The van der Waals surface area contributed by atoms with Crippen molar-refractivity contribution >= 4 is 49.9 Å². The summed E-state index contributed by atoms with van der Waals surface area (Å²) in [5, 5.41) is 7.21. The first-order chi connectivity index (χ1) is 9.45. The summed E-state index contributed by atoms with van der Waals surface area (Å²) in [6.07, 6.45) is 0. The Hall–Kier alpha value is -1.73. The Morgan fingerprint density at radius 2 is 1.90 bits per heavy atom. The molecule has 0 spiro atoms. The van der Waals surface area contributed by atoms with Crippen molar-refractivity contribution in [2.75, 3.05) is 10.6 Å². The Labute approximate surface area is 128 Å². The molecule has 0 fully saturated rings. The average Bonchev–Trinajstić information content (AvgIpc) is 2.79. The molecule has 1 aromatic heterocycles. The van der Waals surface area contributed by atoms with Crippen LogP contribution in [0.4, 0.5) is 10.8 Å². The van der Waals surface area contributed by atoms with Gasteiger partial charge in [0.1, 0.15) is 0 Å². The summed E-state index contributed by atoms with van der Waals surface area (Å²) in [6, 6.07) is 5.31. The summed E-state index contributed by atoms with van der Waals surface area (Å²) in [7, 11) is 0. The molecule has 7 heteroatoms. The highest BCUT2D eigenvalue weighted by molar-refractivity contribution is 9.10. The highest BCUT2D eigenvalue weighted by atomic mass is 79.9. The quantitative estimate of drug-likeness (QED) is 0.814. The van der Waals surface area contributed by atoms with E-state index in [1.807, 2.05) is 19.9 Å². The molecule has 0 bridgehead atoms. The second-order valence-electron chi connectivity index (χ2n) is 4.17. The fraction of sp³-hybridized carbons (Fsp3) is 0.154. The van der Waals surface area contributed by atoms with Crippen LogP contribution in [0.15, 0.2) is 28.1 Å². The summed E-state index contributed by atoms with van der Waals surface area (Å²) in [5.74, 6) is -1.46. The number of thiazole rings is 1. The third-order valence-electron chi connectivity index (χ3n) is 2.46. The number of benzene rings is 1. The molecule has 5 nitrogen and oxygen atoms in total. The van der Waals surface area contributed by atoms with Crippen LogP contribution in [0.5, 0.6) is 0 Å². The highest BCUT2D eigenvalue weighted by Gasteiger charge is 2.15. The van der Waals surface area contributed by atoms with Gasteiger partial charge in [-0.05, 0) is 37.6 Å². The van der Waals surface area contributed by atoms with Crippen LogP contribution in [0, 0.1) is 13.8 Å². The van der Waals surface area contributed by atoms with E-state index in [1.165, 1.54) is 11.3 Å². The van der Waals surface area contributed by atoms with E-state index in [2.05, 4.69) is 31.5 Å². The Balaban J connectivity index is 2.00. The lowest BCUT2D eigenvalue weighted by Crippen LogP contribution is -2.29. The molecule has 2 aromatic rings. The number of amides is 2. The number of carbonyl (C=O) groups is 2. The lowest BCUT2D eigenvalue weighted by atomic mass is 10.2. The molecule has 0 saturated carbocycles. The maximum absolute atomic E-state index is 11.8. The van der Waals surface area contributed by atoms with Gasteiger partial charge < -0.3 is 5.32 Å². The minimum atomic E-state index is -0.736. The zero-order valence-electron chi connectivity index (χ0n) is 10.9. The summed E-state index contributed by atoms with van der Waals surface area (Å²) >= 11 is 4.65. The first-order valence-electron chi connectivity index (χ1n) is 5.76. The van der Waals surface area contributed by atoms with Crippen LogP contribution in [-0.4, -0.2) is 16.8 Å². The minimum absolute atomic E-state index is 0.412. The summed E-state index contributed by atoms with van der Waals surface area (Å²) in [4.78, 5) is 27.5. The van der Waals surface area contributed by atoms with Gasteiger partial charge in [-0.1, -0.05) is 15.9 Å². The summed E-state index contributed by atoms with van der Waals surface area (Å²) < 4.78 is 0.943. The Morgan fingerprint density at radius 1 is 1.20 bits per heavy atom. The van der Waals surface area contributed by atoms with Crippen molar-refractivity contribution in [3.63, 3.8) is 0 Å². The number of halogens is 1. The number of rotatable bonds is 2. The monoisotopic (exact) mass is 353 g/mol. The predicted molar refractivity (Wildman–Crippen MR) is 83.0 cm³/mol. The van der Waals surface area contributed by atoms with E-state index in [0.29, 0.717) is 10.8 Å². The maximum Gasteiger partial charge on any atom is 0.315 e. The molecular formula is C13H12BrN3O2S. The number of aromatic nitrogens is 1. The van der Waals surface area contributed by atoms with E-state index in [9.17, 15) is 9.59 Å². The molecule has 0 unspecified atom stereocenters. The Morgan fingerprint density at radius 3 is 2.50 bits per heavy atom. The second kappa shape index (κ2) is 6.15. The van der Waals surface area contributed by atoms with Crippen molar-refractivity contribution < 1.29 is 9.59 Å². The summed E-state index contributed by atoms with van der Waals surface area (Å²) in [5.41, 5.74) is 2.34. The average molecular weight is 354 g/mol. The molecule has 0 aliphatic carbocycles. The fourth-order valence-electron chi connectivity index (χ4n) is 1.48. The van der Waals surface area contributed by atoms with E-state index in [0.717, 1.165) is 15.7 Å². The van der Waals surface area contributed by atoms with Crippen molar-refractivity contribution in [3.8, 4) is 0 Å². The molecular weight excluding hydrogens is 342 g/mol. The number of anilines is 2. The highest BCUT2D eigenvalue weighted by Crippen LogP contribution is 2.20. The molecule has 2 amide bonds. The van der Waals surface area contributed by atoms with E-state index < -0.39 is 11.8 Å². The third-order valence-corrected chi connectivity index (χ3v) is 4.23. The molecule has 1 aromatic carbocycles. The van der Waals surface area contributed by atoms with Crippen molar-refractivity contribution in [2.45, 2.75) is 13.8 Å². The summed E-state index contributed by atoms with van der Waals surface area (Å²) in [6.45, 7) is 3.72. The van der Waals surface area contributed by atoms with Crippen LogP contribution >= 0.6 is 27.3 Å². The number of hydrogen-bond donors (Lipinski definition) is 2. The number of nitrogens with zero attached hydrogens (tertiary/aromatic N) is 1. The number of aryl methyl sites for hydroxylation is 2. The van der Waals surface area contributed by atoms with Gasteiger partial charge in [0.05, 0.1) is 5.69 Å². The molecule has 0 aliphatic rings. The van der Waals surface area contributed by atoms with Crippen LogP contribution in [0.1, 0.15) is 11.3 Å². The molecule has 0 aliphatic heterocycles. The van der Waals surface area contributed by atoms with Gasteiger partial charge in [-0.2, -0.15) is 0 Å². The van der Waals surface area contributed by atoms with Crippen molar-refractivity contribution in [1.29, 1.82) is 0 Å². The molecule has 0 saturated heterocycles. The predicted octanol–water partition coefficient (Wildman–Crippen LogP) is 3.10.